The SMILES string of the molecule is CC(COCCCCCCOc1c(Cl)cc(OCC=C(Cl)Cl)cc1Cl)=NOC(C)(C)C. The van der Waals surface area contributed by atoms with E-state index in [4.69, 9.17) is 65.5 Å². The lowest BCUT2D eigenvalue weighted by atomic mass is 10.2. The Kier molecular flexibility index (Phi) is 13.7. The summed E-state index contributed by atoms with van der Waals surface area (Å²) in [5, 5.41) is 4.84. The fourth-order valence-electron chi connectivity index (χ4n) is 2.25. The number of hydrogen-bond donors (Lipinski definition) is 0. The Morgan fingerprint density at radius 1 is 0.968 bits per heavy atom. The first-order valence-corrected chi connectivity index (χ1v) is 11.6. The van der Waals surface area contributed by atoms with Crippen molar-refractivity contribution in [3.8, 4) is 11.5 Å². The van der Waals surface area contributed by atoms with Crippen molar-refractivity contribution in [3.63, 3.8) is 0 Å². The molecular formula is C22H31Cl4NO4. The molecule has 0 saturated carbocycles. The first-order chi connectivity index (χ1) is 14.6. The van der Waals surface area contributed by atoms with Crippen molar-refractivity contribution in [2.24, 2.45) is 5.16 Å². The lowest BCUT2D eigenvalue weighted by molar-refractivity contribution is -0.000649. The van der Waals surface area contributed by atoms with Gasteiger partial charge in [0.25, 0.3) is 0 Å². The molecule has 5 nitrogen and oxygen atoms in total. The Bertz CT molecular complexity index is 706. The third kappa shape index (κ3) is 14.0. The Morgan fingerprint density at radius 3 is 2.16 bits per heavy atom. The highest BCUT2D eigenvalue weighted by Crippen LogP contribution is 2.37. The largest absolute Gasteiger partial charge is 0.490 e. The van der Waals surface area contributed by atoms with Crippen molar-refractivity contribution in [2.45, 2.75) is 59.0 Å². The molecule has 0 aliphatic rings. The van der Waals surface area contributed by atoms with E-state index in [1.165, 1.54) is 6.08 Å². The molecule has 0 fully saturated rings. The molecule has 1 aromatic rings. The van der Waals surface area contributed by atoms with Gasteiger partial charge in [-0.2, -0.15) is 0 Å². The standard InChI is InChI=1S/C22H31Cl4NO4/c1-16(27-31-22(2,3)4)15-28-10-7-5-6-8-11-30-21-18(23)13-17(14-19(21)24)29-12-9-20(25)26/h9,13-14H,5-8,10-12,15H2,1-4H3. The maximum Gasteiger partial charge on any atom is 0.156 e. The fourth-order valence-corrected chi connectivity index (χ4v) is 2.96. The van der Waals surface area contributed by atoms with Crippen LogP contribution in [0.15, 0.2) is 27.9 Å². The summed E-state index contributed by atoms with van der Waals surface area (Å²) in [6.45, 7) is 9.68. The zero-order valence-corrected chi connectivity index (χ0v) is 21.5. The lowest BCUT2D eigenvalue weighted by Gasteiger charge is -2.16. The summed E-state index contributed by atoms with van der Waals surface area (Å²) in [6, 6.07) is 3.29. The normalized spacial score (nSPS) is 11.9. The van der Waals surface area contributed by atoms with Gasteiger partial charge in [-0.25, -0.2) is 0 Å². The molecule has 0 amide bonds. The summed E-state index contributed by atoms with van der Waals surface area (Å²) in [5.74, 6) is 0.968. The van der Waals surface area contributed by atoms with E-state index in [1.807, 2.05) is 27.7 Å². The van der Waals surface area contributed by atoms with Crippen LogP contribution in [0.25, 0.3) is 0 Å². The average Bonchev–Trinajstić information content (AvgIpc) is 2.66. The molecule has 1 aromatic carbocycles. The van der Waals surface area contributed by atoms with Crippen molar-refractivity contribution in [1.29, 1.82) is 0 Å². The summed E-state index contributed by atoms with van der Waals surface area (Å²) in [5.41, 5.74) is 0.539. The predicted octanol–water partition coefficient (Wildman–Crippen LogP) is 7.84. The van der Waals surface area contributed by atoms with Gasteiger partial charge in [0.1, 0.15) is 22.4 Å². The van der Waals surface area contributed by atoms with Gasteiger partial charge < -0.3 is 19.0 Å². The third-order valence-electron chi connectivity index (χ3n) is 3.68. The van der Waals surface area contributed by atoms with Crippen LogP contribution in [0.2, 0.25) is 10.0 Å². The zero-order valence-electron chi connectivity index (χ0n) is 18.5. The number of unbranched alkanes of at least 4 members (excludes halogenated alkanes) is 3. The highest BCUT2D eigenvalue weighted by molar-refractivity contribution is 6.55. The fraction of sp³-hybridized carbons (Fsp3) is 0.591. The minimum absolute atomic E-state index is 0.137. The summed E-state index contributed by atoms with van der Waals surface area (Å²) in [4.78, 5) is 5.36. The molecule has 0 radical (unpaired) electrons. The van der Waals surface area contributed by atoms with Crippen molar-refractivity contribution >= 4 is 52.1 Å². The molecule has 0 atom stereocenters. The third-order valence-corrected chi connectivity index (χ3v) is 4.55. The van der Waals surface area contributed by atoms with Gasteiger partial charge in [-0.1, -0.05) is 58.0 Å². The molecule has 0 bridgehead atoms. The van der Waals surface area contributed by atoms with Crippen LogP contribution >= 0.6 is 46.4 Å². The van der Waals surface area contributed by atoms with Gasteiger partial charge in [-0.15, -0.1) is 0 Å². The quantitative estimate of drug-likeness (QED) is 0.144. The van der Waals surface area contributed by atoms with Crippen molar-refractivity contribution < 1.29 is 19.0 Å². The summed E-state index contributed by atoms with van der Waals surface area (Å²) >= 11 is 23.6. The van der Waals surface area contributed by atoms with Crippen LogP contribution in [0.5, 0.6) is 11.5 Å². The van der Waals surface area contributed by atoms with E-state index in [2.05, 4.69) is 5.16 Å². The monoisotopic (exact) mass is 513 g/mol. The van der Waals surface area contributed by atoms with Gasteiger partial charge in [-0.3, -0.25) is 0 Å². The molecular weight excluding hydrogens is 484 g/mol. The number of oxime groups is 1. The Labute approximate surface area is 205 Å². The topological polar surface area (TPSA) is 49.3 Å². The van der Waals surface area contributed by atoms with E-state index < -0.39 is 0 Å². The van der Waals surface area contributed by atoms with Crippen LogP contribution < -0.4 is 9.47 Å². The van der Waals surface area contributed by atoms with E-state index in [1.54, 1.807) is 12.1 Å². The number of ether oxygens (including phenoxy) is 3. The molecule has 0 aliphatic heterocycles. The second-order valence-corrected chi connectivity index (χ2v) is 9.69. The molecule has 0 aliphatic carbocycles. The van der Waals surface area contributed by atoms with Gasteiger partial charge in [-0.05, 0) is 53.0 Å². The lowest BCUT2D eigenvalue weighted by Crippen LogP contribution is -2.17. The Hall–Kier alpha value is -0.850. The van der Waals surface area contributed by atoms with Gasteiger partial charge in [0.15, 0.2) is 5.75 Å². The van der Waals surface area contributed by atoms with Crippen molar-refractivity contribution in [2.75, 3.05) is 26.4 Å². The van der Waals surface area contributed by atoms with Gasteiger partial charge in [0.05, 0.1) is 29.0 Å². The van der Waals surface area contributed by atoms with Crippen LogP contribution in [-0.4, -0.2) is 37.7 Å². The van der Waals surface area contributed by atoms with Crippen LogP contribution in [0, 0.1) is 0 Å². The van der Waals surface area contributed by atoms with E-state index in [0.717, 1.165) is 31.4 Å². The molecule has 0 unspecified atom stereocenters. The predicted molar refractivity (Wildman–Crippen MR) is 130 cm³/mol. The van der Waals surface area contributed by atoms with Crippen LogP contribution in [-0.2, 0) is 9.57 Å². The maximum atomic E-state index is 6.25. The smallest absolute Gasteiger partial charge is 0.156 e. The average molecular weight is 515 g/mol. The minimum Gasteiger partial charge on any atom is -0.490 e. The van der Waals surface area contributed by atoms with Crippen LogP contribution in [0.4, 0.5) is 0 Å². The molecule has 31 heavy (non-hydrogen) atoms. The Balaban J connectivity index is 2.19. The molecule has 176 valence electrons. The van der Waals surface area contributed by atoms with Gasteiger partial charge in [0.2, 0.25) is 0 Å². The second kappa shape index (κ2) is 15.1. The summed E-state index contributed by atoms with van der Waals surface area (Å²) < 4.78 is 17.0. The first kappa shape index (κ1) is 28.2. The Morgan fingerprint density at radius 2 is 1.58 bits per heavy atom. The van der Waals surface area contributed by atoms with Gasteiger partial charge in [0, 0.05) is 18.7 Å². The molecule has 0 aromatic heterocycles. The van der Waals surface area contributed by atoms with E-state index in [-0.39, 0.29) is 16.7 Å². The second-order valence-electron chi connectivity index (χ2n) is 7.87. The molecule has 9 heteroatoms. The molecule has 0 saturated heterocycles. The number of hydrogen-bond acceptors (Lipinski definition) is 5. The highest BCUT2D eigenvalue weighted by Gasteiger charge is 2.11. The van der Waals surface area contributed by atoms with Crippen LogP contribution in [0.1, 0.15) is 53.4 Å². The number of nitrogens with zero attached hydrogens (tertiary/aromatic N) is 1. The molecule has 0 spiro atoms. The van der Waals surface area contributed by atoms with Gasteiger partial charge >= 0.3 is 0 Å². The number of benzene rings is 1. The molecule has 1 rings (SSSR count). The van der Waals surface area contributed by atoms with E-state index >= 15 is 0 Å². The first-order valence-electron chi connectivity index (χ1n) is 10.1. The van der Waals surface area contributed by atoms with E-state index in [0.29, 0.717) is 41.4 Å². The summed E-state index contributed by atoms with van der Waals surface area (Å²) in [7, 11) is 0. The molecule has 0 heterocycles. The molecule has 0 N–H and O–H groups in total. The maximum absolute atomic E-state index is 6.25. The van der Waals surface area contributed by atoms with Crippen molar-refractivity contribution in [3.05, 3.63) is 32.7 Å². The number of rotatable bonds is 14. The highest BCUT2D eigenvalue weighted by atomic mass is 35.5. The minimum atomic E-state index is -0.287. The van der Waals surface area contributed by atoms with E-state index in [9.17, 15) is 0 Å². The van der Waals surface area contributed by atoms with Crippen LogP contribution in [0.3, 0.4) is 0 Å². The van der Waals surface area contributed by atoms with Crippen molar-refractivity contribution in [1.82, 2.24) is 0 Å². The summed E-state index contributed by atoms with van der Waals surface area (Å²) in [6.07, 6.45) is 5.46. The zero-order chi connectivity index (χ0) is 23.3. The number of halogens is 4.